The fourth-order valence-corrected chi connectivity index (χ4v) is 6.55. The number of fused-ring (bicyclic) bond motifs is 1. The van der Waals surface area contributed by atoms with Crippen LogP contribution in [0, 0.1) is 5.92 Å². The molecule has 4 rings (SSSR count). The van der Waals surface area contributed by atoms with Gasteiger partial charge in [-0.05, 0) is 49.0 Å². The molecule has 0 aliphatic carbocycles. The predicted molar refractivity (Wildman–Crippen MR) is 135 cm³/mol. The minimum Gasteiger partial charge on any atom is -0.380 e. The van der Waals surface area contributed by atoms with E-state index in [-0.39, 0.29) is 36.0 Å². The second-order valence-corrected chi connectivity index (χ2v) is 12.0. The van der Waals surface area contributed by atoms with Crippen LogP contribution in [0.3, 0.4) is 0 Å². The summed E-state index contributed by atoms with van der Waals surface area (Å²) in [6, 6.07) is 3.76. The molecule has 3 heterocycles. The standard InChI is InChI=1S/C26H30F3N3O4S/c1-16-12-22-23(31-16)21(15-36-3)20(14-30-22)13-17-4-6-18(7-5-17)24(26(27,28)29)32(2)25(33)19-8-10-37(34,35)11-9-19/h4-7,12,14,19,22,24H,8-11,13,15H2,1-3H3/t22?,24-/m1/s1. The molecule has 37 heavy (non-hydrogen) atoms. The van der Waals surface area contributed by atoms with Crippen molar-refractivity contribution in [3.8, 4) is 0 Å². The van der Waals surface area contributed by atoms with E-state index in [2.05, 4.69) is 9.98 Å². The monoisotopic (exact) mass is 537 g/mol. The van der Waals surface area contributed by atoms with Gasteiger partial charge < -0.3 is 9.64 Å². The molecule has 0 radical (unpaired) electrons. The summed E-state index contributed by atoms with van der Waals surface area (Å²) >= 11 is 0. The Kier molecular flexibility index (Phi) is 7.75. The molecule has 1 aromatic carbocycles. The van der Waals surface area contributed by atoms with E-state index in [9.17, 15) is 26.4 Å². The van der Waals surface area contributed by atoms with Crippen molar-refractivity contribution in [1.29, 1.82) is 0 Å². The summed E-state index contributed by atoms with van der Waals surface area (Å²) in [5.74, 6) is -1.80. The van der Waals surface area contributed by atoms with Crippen LogP contribution in [0.25, 0.3) is 0 Å². The Bertz CT molecular complexity index is 1270. The molecule has 0 saturated carbocycles. The molecular weight excluding hydrogens is 507 g/mol. The Morgan fingerprint density at radius 2 is 1.84 bits per heavy atom. The third kappa shape index (κ3) is 6.04. The van der Waals surface area contributed by atoms with Crippen LogP contribution >= 0.6 is 0 Å². The largest absolute Gasteiger partial charge is 0.413 e. The lowest BCUT2D eigenvalue weighted by molar-refractivity contribution is -0.190. The summed E-state index contributed by atoms with van der Waals surface area (Å²) in [6.07, 6.45) is -0.440. The second-order valence-electron chi connectivity index (χ2n) is 9.70. The molecule has 1 saturated heterocycles. The number of carbonyl (C=O) groups is 1. The van der Waals surface area contributed by atoms with Crippen molar-refractivity contribution in [3.05, 3.63) is 58.3 Å². The Labute approximate surface area is 214 Å². The van der Waals surface area contributed by atoms with Gasteiger partial charge in [-0.25, -0.2) is 8.42 Å². The van der Waals surface area contributed by atoms with Crippen molar-refractivity contribution >= 4 is 27.7 Å². The van der Waals surface area contributed by atoms with Gasteiger partial charge in [0, 0.05) is 37.6 Å². The van der Waals surface area contributed by atoms with Crippen LogP contribution in [0.4, 0.5) is 13.2 Å². The molecular formula is C26H30F3N3O4S. The fraction of sp³-hybridized carbons (Fsp3) is 0.500. The summed E-state index contributed by atoms with van der Waals surface area (Å²) in [5, 5.41) is 0. The molecule has 0 N–H and O–H groups in total. The first kappa shape index (κ1) is 27.3. The van der Waals surface area contributed by atoms with Crippen LogP contribution < -0.4 is 0 Å². The number of rotatable bonds is 7. The Morgan fingerprint density at radius 1 is 1.19 bits per heavy atom. The third-order valence-corrected chi connectivity index (χ3v) is 8.71. The average molecular weight is 538 g/mol. The highest BCUT2D eigenvalue weighted by atomic mass is 32.2. The van der Waals surface area contributed by atoms with Crippen LogP contribution in [0.2, 0.25) is 0 Å². The summed E-state index contributed by atoms with van der Waals surface area (Å²) in [4.78, 5) is 22.7. The highest BCUT2D eigenvalue weighted by Crippen LogP contribution is 2.39. The molecule has 1 aromatic rings. The van der Waals surface area contributed by atoms with Gasteiger partial charge in [0.2, 0.25) is 5.91 Å². The average Bonchev–Trinajstić information content (AvgIpc) is 3.21. The van der Waals surface area contributed by atoms with Crippen molar-refractivity contribution in [2.24, 2.45) is 15.9 Å². The Balaban J connectivity index is 1.54. The van der Waals surface area contributed by atoms with E-state index >= 15 is 0 Å². The highest BCUT2D eigenvalue weighted by Gasteiger charge is 2.46. The molecule has 0 spiro atoms. The number of carbonyl (C=O) groups excluding carboxylic acids is 1. The van der Waals surface area contributed by atoms with Crippen molar-refractivity contribution in [3.63, 3.8) is 0 Å². The Hall–Kier alpha value is -2.79. The zero-order valence-electron chi connectivity index (χ0n) is 21.0. The molecule has 0 bridgehead atoms. The maximum Gasteiger partial charge on any atom is 0.413 e. The summed E-state index contributed by atoms with van der Waals surface area (Å²) in [7, 11) is -0.506. The molecule has 1 amide bonds. The lowest BCUT2D eigenvalue weighted by atomic mass is 9.92. The topological polar surface area (TPSA) is 88.4 Å². The smallest absolute Gasteiger partial charge is 0.380 e. The van der Waals surface area contributed by atoms with Crippen LogP contribution in [0.5, 0.6) is 0 Å². The van der Waals surface area contributed by atoms with Gasteiger partial charge >= 0.3 is 6.18 Å². The number of methoxy groups -OCH3 is 1. The van der Waals surface area contributed by atoms with Crippen LogP contribution in [0.1, 0.15) is 36.9 Å². The van der Waals surface area contributed by atoms with Crippen molar-refractivity contribution in [1.82, 2.24) is 4.90 Å². The van der Waals surface area contributed by atoms with Crippen LogP contribution in [-0.4, -0.2) is 75.6 Å². The van der Waals surface area contributed by atoms with E-state index in [1.54, 1.807) is 25.5 Å². The lowest BCUT2D eigenvalue weighted by Gasteiger charge is -2.34. The summed E-state index contributed by atoms with van der Waals surface area (Å²) in [5.41, 5.74) is 4.25. The number of hydrogen-bond acceptors (Lipinski definition) is 6. The van der Waals surface area contributed by atoms with E-state index < -0.39 is 33.9 Å². The number of allylic oxidation sites excluding steroid dienone is 2. The normalized spacial score (nSPS) is 22.4. The maximum absolute atomic E-state index is 14.1. The molecule has 2 atom stereocenters. The van der Waals surface area contributed by atoms with E-state index in [1.165, 1.54) is 12.1 Å². The van der Waals surface area contributed by atoms with Gasteiger partial charge in [0.25, 0.3) is 0 Å². The van der Waals surface area contributed by atoms with Crippen LogP contribution in [0.15, 0.2) is 57.2 Å². The minimum absolute atomic E-state index is 0.0384. The van der Waals surface area contributed by atoms with Crippen molar-refractivity contribution in [2.75, 3.05) is 32.3 Å². The fourth-order valence-electron chi connectivity index (χ4n) is 5.06. The van der Waals surface area contributed by atoms with E-state index in [0.29, 0.717) is 17.9 Å². The molecule has 3 aliphatic heterocycles. The molecule has 1 fully saturated rings. The number of halogens is 3. The number of hydrogen-bond donors (Lipinski definition) is 0. The number of nitrogens with zero attached hydrogens (tertiary/aromatic N) is 3. The predicted octanol–water partition coefficient (Wildman–Crippen LogP) is 3.87. The van der Waals surface area contributed by atoms with E-state index in [0.717, 1.165) is 35.2 Å². The number of dihydropyridines is 1. The number of aliphatic imine (C=N–C) groups is 2. The van der Waals surface area contributed by atoms with Gasteiger partial charge in [0.05, 0.1) is 23.8 Å². The van der Waals surface area contributed by atoms with Gasteiger partial charge in [0.15, 0.2) is 6.04 Å². The lowest BCUT2D eigenvalue weighted by Crippen LogP contribution is -2.44. The molecule has 3 aliphatic rings. The molecule has 1 unspecified atom stereocenters. The minimum atomic E-state index is -4.70. The number of ether oxygens (including phenoxy) is 1. The first-order valence-electron chi connectivity index (χ1n) is 12.0. The second kappa shape index (κ2) is 10.5. The number of sulfone groups is 1. The quantitative estimate of drug-likeness (QED) is 0.528. The number of amides is 1. The SMILES string of the molecule is COCC1=C(Cc2ccc([C@@H](N(C)C(=O)C3CCS(=O)(=O)CC3)C(F)(F)F)cc2)C=NC2C=C(C)N=C12. The zero-order chi connectivity index (χ0) is 27.0. The van der Waals surface area contributed by atoms with Gasteiger partial charge in [-0.3, -0.25) is 14.8 Å². The van der Waals surface area contributed by atoms with Crippen molar-refractivity contribution in [2.45, 2.75) is 44.4 Å². The van der Waals surface area contributed by atoms with Gasteiger partial charge in [-0.2, -0.15) is 13.2 Å². The van der Waals surface area contributed by atoms with Gasteiger partial charge in [0.1, 0.15) is 15.9 Å². The molecule has 200 valence electrons. The van der Waals surface area contributed by atoms with Gasteiger partial charge in [-0.1, -0.05) is 24.3 Å². The molecule has 0 aromatic heterocycles. The maximum atomic E-state index is 14.1. The van der Waals surface area contributed by atoms with Crippen molar-refractivity contribution < 1.29 is 31.1 Å². The van der Waals surface area contributed by atoms with E-state index in [1.807, 2.05) is 13.0 Å². The number of alkyl halides is 3. The first-order chi connectivity index (χ1) is 17.4. The third-order valence-electron chi connectivity index (χ3n) is 6.99. The zero-order valence-corrected chi connectivity index (χ0v) is 21.8. The Morgan fingerprint density at radius 3 is 2.43 bits per heavy atom. The molecule has 7 nitrogen and oxygen atoms in total. The number of benzene rings is 1. The highest BCUT2D eigenvalue weighted by molar-refractivity contribution is 7.91. The summed E-state index contributed by atoms with van der Waals surface area (Å²) < 4.78 is 71.1. The first-order valence-corrected chi connectivity index (χ1v) is 13.9. The van der Waals surface area contributed by atoms with E-state index in [4.69, 9.17) is 4.74 Å². The molecule has 11 heteroatoms. The van der Waals surface area contributed by atoms with Crippen LogP contribution in [-0.2, 0) is 25.8 Å². The summed E-state index contributed by atoms with van der Waals surface area (Å²) in [6.45, 7) is 2.25. The van der Waals surface area contributed by atoms with Gasteiger partial charge in [-0.15, -0.1) is 0 Å².